The van der Waals surface area contributed by atoms with Crippen molar-refractivity contribution in [3.8, 4) is 5.75 Å². The maximum atomic E-state index is 14.5. The van der Waals surface area contributed by atoms with Gasteiger partial charge < -0.3 is 10.0 Å². The second-order valence-electron chi connectivity index (χ2n) is 8.28. The van der Waals surface area contributed by atoms with E-state index in [-0.39, 0.29) is 5.69 Å². The third kappa shape index (κ3) is 3.33. The molecule has 170 valence electrons. The Morgan fingerprint density at radius 1 is 1.06 bits per heavy atom. The van der Waals surface area contributed by atoms with Crippen LogP contribution in [0.25, 0.3) is 0 Å². The summed E-state index contributed by atoms with van der Waals surface area (Å²) in [5, 5.41) is 12.4. The number of benzene rings is 2. The number of aryl methyl sites for hydroxylation is 1. The van der Waals surface area contributed by atoms with Gasteiger partial charge in [0.15, 0.2) is 23.1 Å². The fraction of sp³-hybridized carbons (Fsp3) is 0.250. The molecule has 5 rings (SSSR count). The molecule has 3 aromatic rings. The van der Waals surface area contributed by atoms with Crippen molar-refractivity contribution >= 4 is 21.8 Å². The molecule has 33 heavy (non-hydrogen) atoms. The maximum absolute atomic E-state index is 14.5. The SMILES string of the molecule is CN1C(=O)c2c(O)c(=O)ccn2N2[C@H](c3ccccc3Br)c3cc(F)c(F)cc3CCC[C@@H]12. The second-order valence-corrected chi connectivity index (χ2v) is 9.13. The van der Waals surface area contributed by atoms with E-state index in [4.69, 9.17) is 0 Å². The van der Waals surface area contributed by atoms with Gasteiger partial charge in [0.25, 0.3) is 5.91 Å². The zero-order chi connectivity index (χ0) is 23.4. The van der Waals surface area contributed by atoms with Crippen LogP contribution in [0, 0.1) is 11.6 Å². The Morgan fingerprint density at radius 2 is 1.79 bits per heavy atom. The van der Waals surface area contributed by atoms with Crippen LogP contribution in [0.5, 0.6) is 5.75 Å². The molecule has 0 fully saturated rings. The van der Waals surface area contributed by atoms with Crippen molar-refractivity contribution in [2.24, 2.45) is 0 Å². The van der Waals surface area contributed by atoms with Gasteiger partial charge in [-0.25, -0.2) is 8.78 Å². The van der Waals surface area contributed by atoms with Crippen molar-refractivity contribution in [2.45, 2.75) is 31.5 Å². The van der Waals surface area contributed by atoms with Gasteiger partial charge in [0, 0.05) is 23.8 Å². The average Bonchev–Trinajstić information content (AvgIpc) is 2.78. The third-order valence-electron chi connectivity index (χ3n) is 6.43. The molecule has 0 unspecified atom stereocenters. The normalized spacial score (nSPS) is 19.9. The van der Waals surface area contributed by atoms with E-state index in [1.807, 2.05) is 29.3 Å². The minimum absolute atomic E-state index is 0.164. The molecule has 3 heterocycles. The lowest BCUT2D eigenvalue weighted by Gasteiger charge is -2.50. The monoisotopic (exact) mass is 515 g/mol. The van der Waals surface area contributed by atoms with E-state index in [0.29, 0.717) is 30.4 Å². The number of pyridine rings is 1. The smallest absolute Gasteiger partial charge is 0.277 e. The van der Waals surface area contributed by atoms with Crippen LogP contribution >= 0.6 is 15.9 Å². The Kier molecular flexibility index (Phi) is 5.23. The van der Waals surface area contributed by atoms with E-state index < -0.39 is 40.9 Å². The van der Waals surface area contributed by atoms with Crippen molar-refractivity contribution in [3.63, 3.8) is 0 Å². The molecule has 1 aromatic heterocycles. The van der Waals surface area contributed by atoms with Gasteiger partial charge in [0.1, 0.15) is 6.17 Å². The van der Waals surface area contributed by atoms with Crippen molar-refractivity contribution < 1.29 is 18.7 Å². The van der Waals surface area contributed by atoms with Crippen LogP contribution in [0.1, 0.15) is 46.1 Å². The highest BCUT2D eigenvalue weighted by Gasteiger charge is 2.43. The van der Waals surface area contributed by atoms with Gasteiger partial charge >= 0.3 is 0 Å². The molecule has 2 atom stereocenters. The molecule has 2 aliphatic rings. The van der Waals surface area contributed by atoms with Crippen LogP contribution in [-0.4, -0.2) is 33.8 Å². The standard InChI is InChI=1S/C24H20BrF2N3O3/c1-28-20-8-4-5-13-11-17(26)18(27)12-15(13)21(14-6-2-3-7-16(14)25)30(20)29-10-9-19(31)23(32)22(29)24(28)33/h2-3,6-7,9-12,20-21,32H,4-5,8H2,1H3/t20-,21+/m0/s1. The van der Waals surface area contributed by atoms with Crippen molar-refractivity contribution in [3.05, 3.63) is 97.4 Å². The molecule has 1 amide bonds. The van der Waals surface area contributed by atoms with Crippen LogP contribution in [0.4, 0.5) is 8.78 Å². The van der Waals surface area contributed by atoms with Crippen LogP contribution in [0.15, 0.2) is 57.9 Å². The molecular weight excluding hydrogens is 496 g/mol. The molecule has 0 saturated heterocycles. The van der Waals surface area contributed by atoms with Gasteiger partial charge in [-0.2, -0.15) is 0 Å². The average molecular weight is 516 g/mol. The summed E-state index contributed by atoms with van der Waals surface area (Å²) in [4.78, 5) is 26.8. The molecule has 0 spiro atoms. The number of aromatic hydroxyl groups is 1. The summed E-state index contributed by atoms with van der Waals surface area (Å²) in [5.74, 6) is -3.01. The highest BCUT2D eigenvalue weighted by atomic mass is 79.9. The van der Waals surface area contributed by atoms with E-state index in [9.17, 15) is 23.5 Å². The number of hydrogen-bond donors (Lipinski definition) is 1. The first-order chi connectivity index (χ1) is 15.8. The molecule has 2 aliphatic heterocycles. The third-order valence-corrected chi connectivity index (χ3v) is 7.15. The Labute approximate surface area is 196 Å². The predicted octanol–water partition coefficient (Wildman–Crippen LogP) is 4.07. The Balaban J connectivity index is 1.87. The Morgan fingerprint density at radius 3 is 2.55 bits per heavy atom. The first kappa shape index (κ1) is 21.6. The zero-order valence-electron chi connectivity index (χ0n) is 17.6. The predicted molar refractivity (Wildman–Crippen MR) is 122 cm³/mol. The van der Waals surface area contributed by atoms with Crippen molar-refractivity contribution in [1.82, 2.24) is 9.58 Å². The van der Waals surface area contributed by atoms with Crippen LogP contribution in [0.3, 0.4) is 0 Å². The second kappa shape index (κ2) is 7.98. The largest absolute Gasteiger partial charge is 0.502 e. The highest BCUT2D eigenvalue weighted by molar-refractivity contribution is 9.10. The number of rotatable bonds is 1. The van der Waals surface area contributed by atoms with Gasteiger partial charge in [0.2, 0.25) is 5.43 Å². The summed E-state index contributed by atoms with van der Waals surface area (Å²) in [7, 11) is 1.62. The fourth-order valence-corrected chi connectivity index (χ4v) is 5.36. The summed E-state index contributed by atoms with van der Waals surface area (Å²) >= 11 is 3.59. The van der Waals surface area contributed by atoms with Crippen LogP contribution in [-0.2, 0) is 6.42 Å². The van der Waals surface area contributed by atoms with E-state index >= 15 is 0 Å². The minimum atomic E-state index is -0.965. The lowest BCUT2D eigenvalue weighted by atomic mass is 9.88. The van der Waals surface area contributed by atoms with E-state index in [1.165, 1.54) is 34.0 Å². The number of carbonyl (C=O) groups excluding carboxylic acids is 1. The van der Waals surface area contributed by atoms with E-state index in [0.717, 1.165) is 10.0 Å². The van der Waals surface area contributed by atoms with Gasteiger partial charge in [-0.15, -0.1) is 0 Å². The molecule has 0 bridgehead atoms. The van der Waals surface area contributed by atoms with Crippen molar-refractivity contribution in [1.29, 1.82) is 0 Å². The van der Waals surface area contributed by atoms with E-state index in [1.54, 1.807) is 7.05 Å². The molecule has 1 N–H and O–H groups in total. The quantitative estimate of drug-likeness (QED) is 0.530. The maximum Gasteiger partial charge on any atom is 0.277 e. The topological polar surface area (TPSA) is 65.8 Å². The Bertz CT molecular complexity index is 1340. The van der Waals surface area contributed by atoms with Gasteiger partial charge in [-0.1, -0.05) is 34.1 Å². The van der Waals surface area contributed by atoms with E-state index in [2.05, 4.69) is 15.9 Å². The number of hydrogen-bond acceptors (Lipinski definition) is 4. The number of carbonyl (C=O) groups is 1. The fourth-order valence-electron chi connectivity index (χ4n) is 4.85. The van der Waals surface area contributed by atoms with Crippen LogP contribution in [0.2, 0.25) is 0 Å². The summed E-state index contributed by atoms with van der Waals surface area (Å²) in [6.45, 7) is 0. The number of amides is 1. The molecular formula is C24H20BrF2N3O3. The summed E-state index contributed by atoms with van der Waals surface area (Å²) in [6.07, 6.45) is 2.68. The first-order valence-electron chi connectivity index (χ1n) is 10.5. The first-order valence-corrected chi connectivity index (χ1v) is 11.3. The summed E-state index contributed by atoms with van der Waals surface area (Å²) < 4.78 is 31.0. The number of nitrogens with zero attached hydrogens (tertiary/aromatic N) is 3. The number of fused-ring (bicyclic) bond motifs is 4. The number of aromatic nitrogens is 1. The van der Waals surface area contributed by atoms with Gasteiger partial charge in [-0.05, 0) is 54.2 Å². The minimum Gasteiger partial charge on any atom is -0.502 e. The lowest BCUT2D eigenvalue weighted by molar-refractivity contribution is 0.0600. The molecule has 0 saturated carbocycles. The lowest BCUT2D eigenvalue weighted by Crippen LogP contribution is -2.61. The zero-order valence-corrected chi connectivity index (χ0v) is 19.2. The highest BCUT2D eigenvalue weighted by Crippen LogP contribution is 2.41. The molecule has 6 nitrogen and oxygen atoms in total. The molecule has 2 aromatic carbocycles. The van der Waals surface area contributed by atoms with Crippen LogP contribution < -0.4 is 10.4 Å². The number of halogens is 3. The molecule has 9 heteroatoms. The summed E-state index contributed by atoms with van der Waals surface area (Å²) in [5.41, 5.74) is 1.16. The van der Waals surface area contributed by atoms with Crippen molar-refractivity contribution in [2.75, 3.05) is 12.1 Å². The molecule has 0 radical (unpaired) electrons. The summed E-state index contributed by atoms with van der Waals surface area (Å²) in [6, 6.07) is 10.4. The van der Waals surface area contributed by atoms with Gasteiger partial charge in [-0.3, -0.25) is 19.3 Å². The molecule has 0 aliphatic carbocycles. The van der Waals surface area contributed by atoms with Gasteiger partial charge in [0.05, 0.1) is 6.04 Å². The Hall–Kier alpha value is -3.20.